The van der Waals surface area contributed by atoms with Gasteiger partial charge in [-0.15, -0.1) is 0 Å². The van der Waals surface area contributed by atoms with E-state index in [-0.39, 0.29) is 5.91 Å². The number of carbonyl (C=O) groups excluding carboxylic acids is 1. The summed E-state index contributed by atoms with van der Waals surface area (Å²) >= 11 is 0. The first-order chi connectivity index (χ1) is 9.22. The minimum absolute atomic E-state index is 0.202. The third-order valence-corrected chi connectivity index (χ3v) is 3.11. The van der Waals surface area contributed by atoms with E-state index in [0.717, 1.165) is 12.5 Å². The van der Waals surface area contributed by atoms with Crippen molar-refractivity contribution in [2.45, 2.75) is 12.8 Å². The molecule has 0 radical (unpaired) electrons. The van der Waals surface area contributed by atoms with Crippen molar-refractivity contribution in [1.82, 2.24) is 5.32 Å². The molecule has 1 aromatic rings. The SMILES string of the molecule is COc1cccc(C(=O)NCCOCC2CC2)c1N. The Bertz CT molecular complexity index is 444. The van der Waals surface area contributed by atoms with Crippen LogP contribution in [0, 0.1) is 5.92 Å². The Morgan fingerprint density at radius 1 is 1.47 bits per heavy atom. The molecule has 5 nitrogen and oxygen atoms in total. The van der Waals surface area contributed by atoms with Gasteiger partial charge in [0.05, 0.1) is 25.0 Å². The molecule has 0 unspecified atom stereocenters. The fraction of sp³-hybridized carbons (Fsp3) is 0.500. The Hall–Kier alpha value is -1.75. The fourth-order valence-electron chi connectivity index (χ4n) is 1.79. The third-order valence-electron chi connectivity index (χ3n) is 3.11. The van der Waals surface area contributed by atoms with E-state index in [1.54, 1.807) is 18.2 Å². The maximum Gasteiger partial charge on any atom is 0.253 e. The molecule has 0 heterocycles. The lowest BCUT2D eigenvalue weighted by Gasteiger charge is -2.10. The summed E-state index contributed by atoms with van der Waals surface area (Å²) in [6.07, 6.45) is 2.54. The minimum Gasteiger partial charge on any atom is -0.495 e. The minimum atomic E-state index is -0.202. The number of amides is 1. The molecule has 0 aliphatic heterocycles. The number of benzene rings is 1. The van der Waals surface area contributed by atoms with Gasteiger partial charge in [-0.05, 0) is 30.9 Å². The Kier molecular flexibility index (Phi) is 4.63. The van der Waals surface area contributed by atoms with Crippen LogP contribution in [0.5, 0.6) is 5.75 Å². The number of nitrogens with one attached hydrogen (secondary N) is 1. The van der Waals surface area contributed by atoms with Gasteiger partial charge in [-0.25, -0.2) is 0 Å². The number of nitrogen functional groups attached to an aromatic ring is 1. The van der Waals surface area contributed by atoms with Crippen LogP contribution in [0.25, 0.3) is 0 Å². The van der Waals surface area contributed by atoms with Crippen LogP contribution in [0.4, 0.5) is 5.69 Å². The summed E-state index contributed by atoms with van der Waals surface area (Å²) in [5.41, 5.74) is 6.65. The highest BCUT2D eigenvalue weighted by atomic mass is 16.5. The monoisotopic (exact) mass is 264 g/mol. The largest absolute Gasteiger partial charge is 0.495 e. The molecule has 1 aliphatic rings. The molecular formula is C14H20N2O3. The molecule has 0 saturated heterocycles. The molecule has 3 N–H and O–H groups in total. The van der Waals surface area contributed by atoms with Crippen molar-refractivity contribution in [3.63, 3.8) is 0 Å². The smallest absolute Gasteiger partial charge is 0.253 e. The lowest BCUT2D eigenvalue weighted by molar-refractivity contribution is 0.0907. The summed E-state index contributed by atoms with van der Waals surface area (Å²) in [5.74, 6) is 1.05. The second-order valence-corrected chi connectivity index (χ2v) is 4.70. The number of para-hydroxylation sites is 1. The summed E-state index contributed by atoms with van der Waals surface area (Å²) in [6.45, 7) is 1.82. The van der Waals surface area contributed by atoms with Gasteiger partial charge in [0.15, 0.2) is 0 Å². The highest BCUT2D eigenvalue weighted by molar-refractivity contribution is 6.00. The third kappa shape index (κ3) is 3.86. The Morgan fingerprint density at radius 3 is 2.95 bits per heavy atom. The Balaban J connectivity index is 1.78. The zero-order valence-electron chi connectivity index (χ0n) is 11.1. The molecule has 104 valence electrons. The van der Waals surface area contributed by atoms with Gasteiger partial charge in [-0.1, -0.05) is 6.07 Å². The summed E-state index contributed by atoms with van der Waals surface area (Å²) in [7, 11) is 1.53. The topological polar surface area (TPSA) is 73.6 Å². The molecule has 1 aliphatic carbocycles. The van der Waals surface area contributed by atoms with E-state index in [0.29, 0.717) is 30.2 Å². The maximum absolute atomic E-state index is 11.9. The van der Waals surface area contributed by atoms with E-state index >= 15 is 0 Å². The molecule has 0 aromatic heterocycles. The first-order valence-electron chi connectivity index (χ1n) is 6.50. The Morgan fingerprint density at radius 2 is 2.26 bits per heavy atom. The van der Waals surface area contributed by atoms with Crippen molar-refractivity contribution in [2.75, 3.05) is 32.6 Å². The van der Waals surface area contributed by atoms with Crippen LogP contribution in [0.2, 0.25) is 0 Å². The molecule has 0 spiro atoms. The lowest BCUT2D eigenvalue weighted by atomic mass is 10.1. The second-order valence-electron chi connectivity index (χ2n) is 4.70. The molecule has 19 heavy (non-hydrogen) atoms. The van der Waals surface area contributed by atoms with Crippen LogP contribution in [-0.2, 0) is 4.74 Å². The number of carbonyl (C=O) groups is 1. The first kappa shape index (κ1) is 13.7. The summed E-state index contributed by atoms with van der Waals surface area (Å²) < 4.78 is 10.5. The van der Waals surface area contributed by atoms with Gasteiger partial charge in [-0.3, -0.25) is 4.79 Å². The van der Waals surface area contributed by atoms with E-state index in [1.165, 1.54) is 20.0 Å². The van der Waals surface area contributed by atoms with Crippen molar-refractivity contribution >= 4 is 11.6 Å². The van der Waals surface area contributed by atoms with E-state index in [1.807, 2.05) is 0 Å². The zero-order chi connectivity index (χ0) is 13.7. The van der Waals surface area contributed by atoms with E-state index in [9.17, 15) is 4.79 Å². The molecule has 1 amide bonds. The van der Waals surface area contributed by atoms with Gasteiger partial charge in [0.2, 0.25) is 0 Å². The molecule has 0 bridgehead atoms. The van der Waals surface area contributed by atoms with Crippen LogP contribution in [-0.4, -0.2) is 32.8 Å². The van der Waals surface area contributed by atoms with Crippen LogP contribution >= 0.6 is 0 Å². The van der Waals surface area contributed by atoms with Crippen LogP contribution in [0.3, 0.4) is 0 Å². The predicted octanol–water partition coefficient (Wildman–Crippen LogP) is 1.43. The number of ether oxygens (including phenoxy) is 2. The zero-order valence-corrected chi connectivity index (χ0v) is 11.1. The van der Waals surface area contributed by atoms with Gasteiger partial charge in [-0.2, -0.15) is 0 Å². The summed E-state index contributed by atoms with van der Waals surface area (Å²) in [5, 5.41) is 2.79. The second kappa shape index (κ2) is 6.43. The van der Waals surface area contributed by atoms with Crippen LogP contribution in [0.1, 0.15) is 23.2 Å². The van der Waals surface area contributed by atoms with E-state index < -0.39 is 0 Å². The normalized spacial score (nSPS) is 14.2. The average Bonchev–Trinajstić information content (AvgIpc) is 3.22. The first-order valence-corrected chi connectivity index (χ1v) is 6.50. The van der Waals surface area contributed by atoms with Crippen LogP contribution in [0.15, 0.2) is 18.2 Å². The molecule has 2 rings (SSSR count). The average molecular weight is 264 g/mol. The molecule has 1 saturated carbocycles. The van der Waals surface area contributed by atoms with Gasteiger partial charge < -0.3 is 20.5 Å². The van der Waals surface area contributed by atoms with Gasteiger partial charge in [0.1, 0.15) is 5.75 Å². The number of anilines is 1. The number of methoxy groups -OCH3 is 1. The molecule has 5 heteroatoms. The molecule has 0 atom stereocenters. The quantitative estimate of drug-likeness (QED) is 0.577. The Labute approximate surface area is 113 Å². The van der Waals surface area contributed by atoms with Crippen molar-refractivity contribution in [2.24, 2.45) is 5.92 Å². The van der Waals surface area contributed by atoms with Gasteiger partial charge in [0.25, 0.3) is 5.91 Å². The van der Waals surface area contributed by atoms with E-state index in [2.05, 4.69) is 5.32 Å². The van der Waals surface area contributed by atoms with Crippen molar-refractivity contribution in [1.29, 1.82) is 0 Å². The fourth-order valence-corrected chi connectivity index (χ4v) is 1.79. The highest BCUT2D eigenvalue weighted by Gasteiger charge is 2.21. The van der Waals surface area contributed by atoms with Crippen molar-refractivity contribution in [3.05, 3.63) is 23.8 Å². The van der Waals surface area contributed by atoms with Crippen LogP contribution < -0.4 is 15.8 Å². The molecule has 1 fully saturated rings. The number of rotatable bonds is 7. The number of nitrogens with two attached hydrogens (primary N) is 1. The number of hydrogen-bond donors (Lipinski definition) is 2. The highest BCUT2D eigenvalue weighted by Crippen LogP contribution is 2.28. The van der Waals surface area contributed by atoms with Crippen molar-refractivity contribution < 1.29 is 14.3 Å². The van der Waals surface area contributed by atoms with Gasteiger partial charge in [0, 0.05) is 13.2 Å². The lowest BCUT2D eigenvalue weighted by Crippen LogP contribution is -2.28. The molecule has 1 aromatic carbocycles. The standard InChI is InChI=1S/C14H20N2O3/c1-18-12-4-2-3-11(13(12)15)14(17)16-7-8-19-9-10-5-6-10/h2-4,10H,5-9,15H2,1H3,(H,16,17). The van der Waals surface area contributed by atoms with E-state index in [4.69, 9.17) is 15.2 Å². The summed E-state index contributed by atoms with van der Waals surface area (Å²) in [6, 6.07) is 5.15. The number of hydrogen-bond acceptors (Lipinski definition) is 4. The summed E-state index contributed by atoms with van der Waals surface area (Å²) in [4.78, 5) is 11.9. The maximum atomic E-state index is 11.9. The van der Waals surface area contributed by atoms with Gasteiger partial charge >= 0.3 is 0 Å². The molecular weight excluding hydrogens is 244 g/mol. The predicted molar refractivity (Wildman–Crippen MR) is 73.3 cm³/mol. The van der Waals surface area contributed by atoms with Crippen molar-refractivity contribution in [3.8, 4) is 5.75 Å².